The second-order valence-electron chi connectivity index (χ2n) is 6.67. The molecule has 2 unspecified atom stereocenters. The van der Waals surface area contributed by atoms with Gasteiger partial charge in [0.1, 0.15) is 0 Å². The number of nitrogens with two attached hydrogens (primary N) is 1. The van der Waals surface area contributed by atoms with Gasteiger partial charge in [-0.05, 0) is 44.7 Å². The highest BCUT2D eigenvalue weighted by molar-refractivity contribution is 5.79. The zero-order valence-electron chi connectivity index (χ0n) is 12.7. The Kier molecular flexibility index (Phi) is 3.40. The molecular formula is C16H23N3O2. The van der Waals surface area contributed by atoms with E-state index in [0.717, 1.165) is 30.5 Å². The van der Waals surface area contributed by atoms with Crippen LogP contribution >= 0.6 is 0 Å². The van der Waals surface area contributed by atoms with Crippen molar-refractivity contribution in [2.75, 3.05) is 0 Å². The lowest BCUT2D eigenvalue weighted by atomic mass is 9.50. The molecule has 1 aromatic rings. The molecule has 2 fully saturated rings. The SMILES string of the molecule is Cc1cc(C)c(CC(=O)NC2CC(N)C23CCC3)c(=O)[nH]1. The number of hydrogen-bond donors (Lipinski definition) is 3. The molecule has 3 rings (SSSR count). The number of aryl methyl sites for hydroxylation is 2. The van der Waals surface area contributed by atoms with Gasteiger partial charge in [-0.2, -0.15) is 0 Å². The second kappa shape index (κ2) is 4.98. The lowest BCUT2D eigenvalue weighted by Gasteiger charge is -2.60. The van der Waals surface area contributed by atoms with E-state index in [-0.39, 0.29) is 35.4 Å². The van der Waals surface area contributed by atoms with Crippen LogP contribution < -0.4 is 16.6 Å². The maximum atomic E-state index is 12.2. The number of nitrogens with one attached hydrogen (secondary N) is 2. The Bertz CT molecular complexity index is 631. The molecule has 114 valence electrons. The molecule has 2 saturated carbocycles. The molecule has 0 radical (unpaired) electrons. The fraction of sp³-hybridized carbons (Fsp3) is 0.625. The van der Waals surface area contributed by atoms with Gasteiger partial charge in [0, 0.05) is 28.8 Å². The summed E-state index contributed by atoms with van der Waals surface area (Å²) in [6.07, 6.45) is 4.43. The zero-order chi connectivity index (χ0) is 15.2. The highest BCUT2D eigenvalue weighted by atomic mass is 16.2. The molecule has 0 aliphatic heterocycles. The van der Waals surface area contributed by atoms with Crippen molar-refractivity contribution in [1.29, 1.82) is 0 Å². The lowest BCUT2D eigenvalue weighted by Crippen LogP contribution is -2.70. The van der Waals surface area contributed by atoms with Crippen molar-refractivity contribution in [3.05, 3.63) is 33.2 Å². The largest absolute Gasteiger partial charge is 0.352 e. The topological polar surface area (TPSA) is 88.0 Å². The van der Waals surface area contributed by atoms with Gasteiger partial charge >= 0.3 is 0 Å². The normalized spacial score (nSPS) is 26.0. The summed E-state index contributed by atoms with van der Waals surface area (Å²) in [5, 5.41) is 3.09. The highest BCUT2D eigenvalue weighted by Gasteiger charge is 2.57. The standard InChI is InChI=1S/C16H23N3O2/c1-9-6-10(2)18-15(21)11(9)7-14(20)19-13-8-12(17)16(13)4-3-5-16/h6,12-13H,3-5,7-8,17H2,1-2H3,(H,18,21)(H,19,20). The number of hydrogen-bond acceptors (Lipinski definition) is 3. The van der Waals surface area contributed by atoms with E-state index in [1.165, 1.54) is 6.42 Å². The van der Waals surface area contributed by atoms with Crippen LogP contribution in [0.4, 0.5) is 0 Å². The van der Waals surface area contributed by atoms with Crippen molar-refractivity contribution in [1.82, 2.24) is 10.3 Å². The van der Waals surface area contributed by atoms with Crippen molar-refractivity contribution >= 4 is 5.91 Å². The molecule has 2 aliphatic carbocycles. The van der Waals surface area contributed by atoms with E-state index in [1.807, 2.05) is 19.9 Å². The van der Waals surface area contributed by atoms with E-state index in [0.29, 0.717) is 5.56 Å². The van der Waals surface area contributed by atoms with Crippen molar-refractivity contribution < 1.29 is 4.79 Å². The highest BCUT2D eigenvalue weighted by Crippen LogP contribution is 2.54. The zero-order valence-corrected chi connectivity index (χ0v) is 12.7. The fourth-order valence-electron chi connectivity index (χ4n) is 3.84. The van der Waals surface area contributed by atoms with Crippen LogP contribution in [-0.4, -0.2) is 23.0 Å². The minimum atomic E-state index is -0.161. The third-order valence-corrected chi connectivity index (χ3v) is 5.37. The third-order valence-electron chi connectivity index (χ3n) is 5.37. The summed E-state index contributed by atoms with van der Waals surface area (Å²) in [7, 11) is 0. The van der Waals surface area contributed by atoms with E-state index in [1.54, 1.807) is 0 Å². The molecule has 0 saturated heterocycles. The maximum absolute atomic E-state index is 12.2. The summed E-state index contributed by atoms with van der Waals surface area (Å²) in [5.74, 6) is -0.0735. The molecule has 1 aromatic heterocycles. The average Bonchev–Trinajstić information content (AvgIpc) is 2.31. The number of carbonyl (C=O) groups is 1. The minimum Gasteiger partial charge on any atom is -0.352 e. The molecular weight excluding hydrogens is 266 g/mol. The molecule has 4 N–H and O–H groups in total. The Hall–Kier alpha value is -1.62. The first-order valence-electron chi connectivity index (χ1n) is 7.67. The number of aromatic amines is 1. The Morgan fingerprint density at radius 3 is 2.71 bits per heavy atom. The molecule has 1 heterocycles. The quantitative estimate of drug-likeness (QED) is 0.773. The summed E-state index contributed by atoms with van der Waals surface area (Å²) in [5.41, 5.74) is 8.33. The first-order chi connectivity index (χ1) is 9.92. The fourth-order valence-corrected chi connectivity index (χ4v) is 3.84. The van der Waals surface area contributed by atoms with Gasteiger partial charge in [-0.1, -0.05) is 6.42 Å². The number of H-pyrrole nitrogens is 1. The van der Waals surface area contributed by atoms with Gasteiger partial charge in [0.05, 0.1) is 6.42 Å². The Labute approximate surface area is 124 Å². The second-order valence-corrected chi connectivity index (χ2v) is 6.67. The number of aromatic nitrogens is 1. The van der Waals surface area contributed by atoms with Crippen LogP contribution in [0.15, 0.2) is 10.9 Å². The Balaban J connectivity index is 1.67. The summed E-state index contributed by atoms with van der Waals surface area (Å²) in [4.78, 5) is 26.9. The van der Waals surface area contributed by atoms with E-state index >= 15 is 0 Å². The maximum Gasteiger partial charge on any atom is 0.252 e. The van der Waals surface area contributed by atoms with Crippen LogP contribution in [0, 0.1) is 19.3 Å². The van der Waals surface area contributed by atoms with Crippen LogP contribution in [-0.2, 0) is 11.2 Å². The smallest absolute Gasteiger partial charge is 0.252 e. The van der Waals surface area contributed by atoms with Crippen molar-refractivity contribution in [2.24, 2.45) is 11.1 Å². The van der Waals surface area contributed by atoms with Gasteiger partial charge < -0.3 is 16.0 Å². The summed E-state index contributed by atoms with van der Waals surface area (Å²) < 4.78 is 0. The monoisotopic (exact) mass is 289 g/mol. The average molecular weight is 289 g/mol. The Morgan fingerprint density at radius 1 is 1.48 bits per heavy atom. The van der Waals surface area contributed by atoms with Gasteiger partial charge in [-0.25, -0.2) is 0 Å². The van der Waals surface area contributed by atoms with E-state index < -0.39 is 0 Å². The minimum absolute atomic E-state index is 0.0735. The van der Waals surface area contributed by atoms with Crippen LogP contribution in [0.5, 0.6) is 0 Å². The molecule has 5 heteroatoms. The Morgan fingerprint density at radius 2 is 2.19 bits per heavy atom. The molecule has 0 bridgehead atoms. The molecule has 2 atom stereocenters. The first-order valence-corrected chi connectivity index (χ1v) is 7.67. The third kappa shape index (κ3) is 2.29. The van der Waals surface area contributed by atoms with Crippen molar-refractivity contribution in [3.8, 4) is 0 Å². The predicted molar refractivity (Wildman–Crippen MR) is 81.0 cm³/mol. The molecule has 5 nitrogen and oxygen atoms in total. The predicted octanol–water partition coefficient (Wildman–Crippen LogP) is 0.920. The summed E-state index contributed by atoms with van der Waals surface area (Å²) in [6, 6.07) is 2.32. The van der Waals surface area contributed by atoms with Crippen LogP contribution in [0.25, 0.3) is 0 Å². The van der Waals surface area contributed by atoms with E-state index in [9.17, 15) is 9.59 Å². The molecule has 21 heavy (non-hydrogen) atoms. The van der Waals surface area contributed by atoms with E-state index in [2.05, 4.69) is 10.3 Å². The first kappa shape index (κ1) is 14.3. The van der Waals surface area contributed by atoms with Crippen LogP contribution in [0.1, 0.15) is 42.5 Å². The van der Waals surface area contributed by atoms with Crippen LogP contribution in [0.3, 0.4) is 0 Å². The van der Waals surface area contributed by atoms with Gasteiger partial charge in [0.2, 0.25) is 5.91 Å². The van der Waals surface area contributed by atoms with Crippen molar-refractivity contribution in [2.45, 2.75) is 58.0 Å². The van der Waals surface area contributed by atoms with Gasteiger partial charge in [0.15, 0.2) is 0 Å². The summed E-state index contributed by atoms with van der Waals surface area (Å²) in [6.45, 7) is 3.71. The van der Waals surface area contributed by atoms with Gasteiger partial charge in [-0.15, -0.1) is 0 Å². The number of rotatable bonds is 3. The van der Waals surface area contributed by atoms with Gasteiger partial charge in [-0.3, -0.25) is 9.59 Å². The molecule has 1 amide bonds. The summed E-state index contributed by atoms with van der Waals surface area (Å²) >= 11 is 0. The number of amides is 1. The van der Waals surface area contributed by atoms with Crippen molar-refractivity contribution in [3.63, 3.8) is 0 Å². The number of carbonyl (C=O) groups excluding carboxylic acids is 1. The number of pyridine rings is 1. The van der Waals surface area contributed by atoms with Crippen LogP contribution in [0.2, 0.25) is 0 Å². The molecule has 2 aliphatic rings. The lowest BCUT2D eigenvalue weighted by molar-refractivity contribution is -0.127. The molecule has 1 spiro atoms. The van der Waals surface area contributed by atoms with Gasteiger partial charge in [0.25, 0.3) is 5.56 Å². The molecule has 0 aromatic carbocycles. The van der Waals surface area contributed by atoms with E-state index in [4.69, 9.17) is 5.73 Å².